The molecule has 4 fully saturated rings. The molecule has 0 aromatic rings. The fourth-order valence-corrected chi connectivity index (χ4v) is 4.96. The van der Waals surface area contributed by atoms with E-state index in [1.54, 1.807) is 0 Å². The molecule has 3 heteroatoms. The fraction of sp³-hybridized carbons (Fsp3) is 1.00. The van der Waals surface area contributed by atoms with Gasteiger partial charge in [-0.2, -0.15) is 0 Å². The van der Waals surface area contributed by atoms with Gasteiger partial charge in [-0.3, -0.25) is 0 Å². The number of epoxide rings is 2. The highest BCUT2D eigenvalue weighted by atomic mass is 16.6. The van der Waals surface area contributed by atoms with E-state index in [9.17, 15) is 5.11 Å². The Hall–Kier alpha value is -0.120. The Balaban J connectivity index is 1.71. The van der Waals surface area contributed by atoms with E-state index in [1.165, 1.54) is 0 Å². The minimum absolute atomic E-state index is 0.0321. The van der Waals surface area contributed by atoms with Crippen molar-refractivity contribution < 1.29 is 14.6 Å². The summed E-state index contributed by atoms with van der Waals surface area (Å²) in [6.45, 7) is 8.88. The van der Waals surface area contributed by atoms with Crippen LogP contribution < -0.4 is 0 Å². The summed E-state index contributed by atoms with van der Waals surface area (Å²) in [6, 6.07) is 0. The van der Waals surface area contributed by atoms with Gasteiger partial charge in [-0.25, -0.2) is 0 Å². The van der Waals surface area contributed by atoms with E-state index >= 15 is 0 Å². The summed E-state index contributed by atoms with van der Waals surface area (Å²) in [4.78, 5) is 0. The maximum atomic E-state index is 10.8. The van der Waals surface area contributed by atoms with Gasteiger partial charge < -0.3 is 14.6 Å². The summed E-state index contributed by atoms with van der Waals surface area (Å²) in [5, 5.41) is 10.8. The Morgan fingerprint density at radius 3 is 2.33 bits per heavy atom. The number of hydrogen-bond acceptors (Lipinski definition) is 3. The SMILES string of the molecule is CC(C)[C@@H]1C[C@@H]2O[C@]2(C)[C@@H]2C[C@H]3O[C@@]3(C)[C@@H](O)C12. The highest BCUT2D eigenvalue weighted by Gasteiger charge is 2.74. The van der Waals surface area contributed by atoms with Gasteiger partial charge in [-0.15, -0.1) is 0 Å². The van der Waals surface area contributed by atoms with E-state index in [0.29, 0.717) is 29.8 Å². The molecule has 8 atom stereocenters. The quantitative estimate of drug-likeness (QED) is 0.726. The Labute approximate surface area is 109 Å². The number of fused-ring (bicyclic) bond motifs is 4. The molecular formula is C15H24O3. The van der Waals surface area contributed by atoms with Gasteiger partial charge in [0.25, 0.3) is 0 Å². The summed E-state index contributed by atoms with van der Waals surface area (Å²) in [6.07, 6.45) is 2.58. The average molecular weight is 252 g/mol. The average Bonchev–Trinajstić information content (AvgIpc) is 3.14. The van der Waals surface area contributed by atoms with Crippen molar-refractivity contribution in [3.05, 3.63) is 0 Å². The third-order valence-electron chi connectivity index (χ3n) is 6.41. The Kier molecular flexibility index (Phi) is 2.03. The molecule has 0 aromatic heterocycles. The largest absolute Gasteiger partial charge is 0.390 e. The predicted molar refractivity (Wildman–Crippen MR) is 67.1 cm³/mol. The molecule has 0 bridgehead atoms. The van der Waals surface area contributed by atoms with Crippen LogP contribution in [0.1, 0.15) is 40.5 Å². The molecule has 1 N–H and O–H groups in total. The molecule has 2 aliphatic carbocycles. The normalized spacial score (nSPS) is 65.0. The van der Waals surface area contributed by atoms with Crippen molar-refractivity contribution in [2.75, 3.05) is 0 Å². The first-order valence-corrected chi connectivity index (χ1v) is 7.41. The Morgan fingerprint density at radius 1 is 1.06 bits per heavy atom. The molecule has 0 radical (unpaired) electrons. The number of aliphatic hydroxyl groups excluding tert-OH is 1. The molecular weight excluding hydrogens is 228 g/mol. The van der Waals surface area contributed by atoms with Gasteiger partial charge in [-0.05, 0) is 50.4 Å². The van der Waals surface area contributed by atoms with Crippen LogP contribution in [0.25, 0.3) is 0 Å². The molecule has 3 nitrogen and oxygen atoms in total. The second-order valence-electron chi connectivity index (χ2n) is 7.59. The van der Waals surface area contributed by atoms with Crippen LogP contribution >= 0.6 is 0 Å². The standard InChI is InChI=1S/C15H24O3/c1-7(2)8-5-10-14(3,17-10)9-6-11-15(4,18-11)13(16)12(8)9/h7-13,16H,5-6H2,1-4H3/t8-,9+,10-,11+,12?,13-,14+,15+/m0/s1. The second-order valence-corrected chi connectivity index (χ2v) is 7.59. The number of aliphatic hydroxyl groups is 1. The van der Waals surface area contributed by atoms with Crippen LogP contribution in [-0.4, -0.2) is 34.6 Å². The zero-order chi connectivity index (χ0) is 12.9. The smallest absolute Gasteiger partial charge is 0.118 e. The van der Waals surface area contributed by atoms with Crippen LogP contribution in [0.15, 0.2) is 0 Å². The Bertz CT molecular complexity index is 395. The molecule has 1 unspecified atom stereocenters. The topological polar surface area (TPSA) is 45.3 Å². The molecule has 2 saturated heterocycles. The van der Waals surface area contributed by atoms with Gasteiger partial charge in [0, 0.05) is 0 Å². The lowest BCUT2D eigenvalue weighted by molar-refractivity contribution is -0.0607. The van der Waals surface area contributed by atoms with Crippen LogP contribution in [0.3, 0.4) is 0 Å². The summed E-state index contributed by atoms with van der Waals surface area (Å²) in [5.41, 5.74) is -0.225. The monoisotopic (exact) mass is 252 g/mol. The molecule has 2 aliphatic heterocycles. The second kappa shape index (κ2) is 3.13. The summed E-state index contributed by atoms with van der Waals surface area (Å²) in [7, 11) is 0. The lowest BCUT2D eigenvalue weighted by Gasteiger charge is -2.47. The van der Waals surface area contributed by atoms with Crippen molar-refractivity contribution in [3.8, 4) is 0 Å². The van der Waals surface area contributed by atoms with Crippen LogP contribution in [0.4, 0.5) is 0 Å². The minimum Gasteiger partial charge on any atom is -0.390 e. The van der Waals surface area contributed by atoms with Gasteiger partial charge in [0.05, 0.1) is 23.9 Å². The number of ether oxygens (including phenoxy) is 2. The number of hydrogen-bond donors (Lipinski definition) is 1. The van der Waals surface area contributed by atoms with E-state index in [1.807, 2.05) is 0 Å². The van der Waals surface area contributed by atoms with Gasteiger partial charge >= 0.3 is 0 Å². The predicted octanol–water partition coefficient (Wildman–Crippen LogP) is 1.97. The lowest BCUT2D eigenvalue weighted by Crippen LogP contribution is -2.55. The molecule has 4 aliphatic rings. The first-order valence-electron chi connectivity index (χ1n) is 7.41. The molecule has 0 amide bonds. The van der Waals surface area contributed by atoms with E-state index in [4.69, 9.17) is 9.47 Å². The van der Waals surface area contributed by atoms with E-state index in [2.05, 4.69) is 27.7 Å². The third-order valence-corrected chi connectivity index (χ3v) is 6.41. The van der Waals surface area contributed by atoms with Crippen LogP contribution in [0, 0.1) is 23.7 Å². The highest BCUT2D eigenvalue weighted by Crippen LogP contribution is 2.65. The van der Waals surface area contributed by atoms with Crippen LogP contribution in [0.2, 0.25) is 0 Å². The first kappa shape index (κ1) is 11.7. The van der Waals surface area contributed by atoms with Gasteiger partial charge in [0.1, 0.15) is 5.60 Å². The van der Waals surface area contributed by atoms with Crippen molar-refractivity contribution in [1.29, 1.82) is 0 Å². The van der Waals surface area contributed by atoms with Gasteiger partial charge in [0.2, 0.25) is 0 Å². The van der Waals surface area contributed by atoms with E-state index in [0.717, 1.165) is 12.8 Å². The van der Waals surface area contributed by atoms with Crippen LogP contribution in [0.5, 0.6) is 0 Å². The van der Waals surface area contributed by atoms with Crippen molar-refractivity contribution in [1.82, 2.24) is 0 Å². The zero-order valence-electron chi connectivity index (χ0n) is 11.7. The molecule has 2 saturated carbocycles. The molecule has 2 heterocycles. The third kappa shape index (κ3) is 1.21. The van der Waals surface area contributed by atoms with Crippen LogP contribution in [-0.2, 0) is 9.47 Å². The zero-order valence-corrected chi connectivity index (χ0v) is 11.7. The highest BCUT2D eigenvalue weighted by molar-refractivity contribution is 5.22. The fourth-order valence-electron chi connectivity index (χ4n) is 4.96. The maximum Gasteiger partial charge on any atom is 0.118 e. The Morgan fingerprint density at radius 2 is 1.67 bits per heavy atom. The van der Waals surface area contributed by atoms with E-state index < -0.39 is 0 Å². The van der Waals surface area contributed by atoms with Crippen molar-refractivity contribution in [3.63, 3.8) is 0 Å². The van der Waals surface area contributed by atoms with E-state index in [-0.39, 0.29) is 23.4 Å². The molecule has 102 valence electrons. The number of rotatable bonds is 1. The summed E-state index contributed by atoms with van der Waals surface area (Å²) in [5.74, 6) is 2.03. The van der Waals surface area contributed by atoms with Crippen molar-refractivity contribution in [2.45, 2.75) is 70.1 Å². The molecule has 18 heavy (non-hydrogen) atoms. The van der Waals surface area contributed by atoms with Crippen molar-refractivity contribution in [2.24, 2.45) is 23.7 Å². The lowest BCUT2D eigenvalue weighted by atomic mass is 9.56. The molecule has 4 rings (SSSR count). The van der Waals surface area contributed by atoms with Crippen molar-refractivity contribution >= 4 is 0 Å². The van der Waals surface area contributed by atoms with Gasteiger partial charge in [0.15, 0.2) is 0 Å². The van der Waals surface area contributed by atoms with Gasteiger partial charge in [-0.1, -0.05) is 13.8 Å². The summed E-state index contributed by atoms with van der Waals surface area (Å²) < 4.78 is 11.8. The molecule has 0 aromatic carbocycles. The maximum absolute atomic E-state index is 10.8. The summed E-state index contributed by atoms with van der Waals surface area (Å²) >= 11 is 0. The molecule has 0 spiro atoms. The minimum atomic E-state index is -0.310. The first-order chi connectivity index (χ1) is 8.38.